The fourth-order valence-electron chi connectivity index (χ4n) is 3.83. The normalized spacial score (nSPS) is 14.8. The molecule has 7 nitrogen and oxygen atoms in total. The summed E-state index contributed by atoms with van der Waals surface area (Å²) >= 11 is 0. The van der Waals surface area contributed by atoms with E-state index in [0.717, 1.165) is 11.1 Å². The minimum atomic E-state index is -1.13. The molecule has 0 aromatic heterocycles. The van der Waals surface area contributed by atoms with Crippen molar-refractivity contribution in [1.29, 1.82) is 0 Å². The van der Waals surface area contributed by atoms with E-state index in [1.165, 1.54) is 36.3 Å². The fourth-order valence-corrected chi connectivity index (χ4v) is 3.83. The zero-order valence-corrected chi connectivity index (χ0v) is 18.0. The molecule has 2 amide bonds. The Morgan fingerprint density at radius 2 is 1.82 bits per heavy atom. The maximum Gasteiger partial charge on any atom is 0.326 e. The average Bonchev–Trinajstić information content (AvgIpc) is 2.83. The monoisotopic (exact) mass is 450 g/mol. The van der Waals surface area contributed by atoms with Gasteiger partial charge in [-0.05, 0) is 41.5 Å². The number of carboxylic acids is 1. The number of carboxylic acid groups (broad SMARTS) is 1. The van der Waals surface area contributed by atoms with Gasteiger partial charge in [0.15, 0.2) is 11.5 Å². The second-order valence-electron chi connectivity index (χ2n) is 7.63. The van der Waals surface area contributed by atoms with E-state index in [1.807, 2.05) is 30.3 Å². The van der Waals surface area contributed by atoms with Crippen LogP contribution in [0.1, 0.15) is 16.7 Å². The minimum absolute atomic E-state index is 0.0584. The number of benzene rings is 3. The number of halogens is 1. The summed E-state index contributed by atoms with van der Waals surface area (Å²) in [5, 5.41) is 12.5. The molecule has 170 valence electrons. The highest BCUT2D eigenvalue weighted by Crippen LogP contribution is 2.39. The molecule has 0 saturated carbocycles. The Bertz CT molecular complexity index is 1150. The third-order valence-corrected chi connectivity index (χ3v) is 5.52. The van der Waals surface area contributed by atoms with Gasteiger partial charge in [-0.15, -0.1) is 0 Å². The zero-order chi connectivity index (χ0) is 23.4. The van der Waals surface area contributed by atoms with Crippen LogP contribution in [0, 0.1) is 5.82 Å². The first-order chi connectivity index (χ1) is 16.0. The molecule has 1 atom stereocenters. The van der Waals surface area contributed by atoms with Gasteiger partial charge >= 0.3 is 12.0 Å². The maximum absolute atomic E-state index is 13.2. The number of nitrogens with one attached hydrogen (secondary N) is 1. The third-order valence-electron chi connectivity index (χ3n) is 5.52. The van der Waals surface area contributed by atoms with E-state index in [4.69, 9.17) is 9.47 Å². The van der Waals surface area contributed by atoms with Gasteiger partial charge in [0.25, 0.3) is 0 Å². The van der Waals surface area contributed by atoms with Crippen LogP contribution in [0.3, 0.4) is 0 Å². The highest BCUT2D eigenvalue weighted by atomic mass is 19.1. The Balaban J connectivity index is 1.61. The number of carbonyl (C=O) groups excluding carboxylic acids is 1. The molecule has 2 N–H and O–H groups in total. The smallest absolute Gasteiger partial charge is 0.326 e. The molecule has 0 spiro atoms. The number of urea groups is 1. The van der Waals surface area contributed by atoms with Crippen molar-refractivity contribution in [3.63, 3.8) is 0 Å². The van der Waals surface area contributed by atoms with Crippen LogP contribution in [0.5, 0.6) is 11.5 Å². The molecule has 3 aromatic carbocycles. The van der Waals surface area contributed by atoms with Gasteiger partial charge in [-0.25, -0.2) is 14.0 Å². The van der Waals surface area contributed by atoms with Crippen LogP contribution in [-0.4, -0.2) is 35.2 Å². The predicted octanol–water partition coefficient (Wildman–Crippen LogP) is 4.46. The van der Waals surface area contributed by atoms with Gasteiger partial charge in [0.1, 0.15) is 18.5 Å². The first-order valence-corrected chi connectivity index (χ1v) is 10.4. The molecule has 0 saturated heterocycles. The van der Waals surface area contributed by atoms with Gasteiger partial charge in [0.2, 0.25) is 0 Å². The van der Waals surface area contributed by atoms with Crippen molar-refractivity contribution < 1.29 is 28.6 Å². The number of nitrogens with zero attached hydrogens (tertiary/aromatic N) is 1. The Labute approximate surface area is 190 Å². The number of amides is 2. The molecule has 8 heteroatoms. The molecule has 1 aliphatic heterocycles. The summed E-state index contributed by atoms with van der Waals surface area (Å²) in [4.78, 5) is 26.2. The molecule has 0 bridgehead atoms. The van der Waals surface area contributed by atoms with E-state index in [1.54, 1.807) is 12.1 Å². The van der Waals surface area contributed by atoms with Gasteiger partial charge < -0.3 is 24.8 Å². The molecule has 0 aliphatic carbocycles. The lowest BCUT2D eigenvalue weighted by molar-refractivity contribution is -0.142. The molecule has 0 radical (unpaired) electrons. The molecule has 1 unspecified atom stereocenters. The summed E-state index contributed by atoms with van der Waals surface area (Å²) in [5.41, 5.74) is 2.80. The molecular weight excluding hydrogens is 427 g/mol. The Morgan fingerprint density at radius 1 is 1.09 bits per heavy atom. The van der Waals surface area contributed by atoms with Crippen LogP contribution in [-0.2, 0) is 24.4 Å². The van der Waals surface area contributed by atoms with Crippen molar-refractivity contribution in [2.75, 3.05) is 12.4 Å². The second-order valence-corrected chi connectivity index (χ2v) is 7.63. The number of hydrogen-bond acceptors (Lipinski definition) is 4. The molecule has 1 heterocycles. The average molecular weight is 450 g/mol. The van der Waals surface area contributed by atoms with Crippen molar-refractivity contribution >= 4 is 17.7 Å². The van der Waals surface area contributed by atoms with Gasteiger partial charge in [0.05, 0.1) is 7.11 Å². The van der Waals surface area contributed by atoms with Crippen molar-refractivity contribution in [3.05, 3.63) is 89.2 Å². The number of fused-ring (bicyclic) bond motifs is 1. The van der Waals surface area contributed by atoms with Crippen molar-refractivity contribution in [3.8, 4) is 11.5 Å². The van der Waals surface area contributed by atoms with Crippen molar-refractivity contribution in [2.24, 2.45) is 0 Å². The molecule has 3 aromatic rings. The Morgan fingerprint density at radius 3 is 2.48 bits per heavy atom. The van der Waals surface area contributed by atoms with Gasteiger partial charge in [-0.3, -0.25) is 0 Å². The molecule has 1 aliphatic rings. The maximum atomic E-state index is 13.2. The summed E-state index contributed by atoms with van der Waals surface area (Å²) < 4.78 is 24.7. The number of ether oxygens (including phenoxy) is 2. The van der Waals surface area contributed by atoms with Crippen LogP contribution in [0.15, 0.2) is 66.7 Å². The van der Waals surface area contributed by atoms with Crippen LogP contribution >= 0.6 is 0 Å². The number of methoxy groups -OCH3 is 1. The van der Waals surface area contributed by atoms with Crippen LogP contribution in [0.4, 0.5) is 14.9 Å². The Hall–Kier alpha value is -4.07. The van der Waals surface area contributed by atoms with E-state index in [-0.39, 0.29) is 13.0 Å². The minimum Gasteiger partial charge on any atom is -0.493 e. The standard InChI is InChI=1S/C25H23FN2O5/c1-32-22-12-7-17-14-28(25(31)27-19-10-8-18(26)9-11-19)21(24(29)30)13-20(17)23(22)33-15-16-5-3-2-4-6-16/h2-12,21H,13-15H2,1H3,(H,27,31)(H,29,30). The summed E-state index contributed by atoms with van der Waals surface area (Å²) in [6.07, 6.45) is 0.0584. The number of rotatable bonds is 6. The topological polar surface area (TPSA) is 88.1 Å². The van der Waals surface area contributed by atoms with Crippen molar-refractivity contribution in [2.45, 2.75) is 25.6 Å². The summed E-state index contributed by atoms with van der Waals surface area (Å²) in [7, 11) is 1.52. The van der Waals surface area contributed by atoms with Crippen LogP contribution < -0.4 is 14.8 Å². The second kappa shape index (κ2) is 9.60. The lowest BCUT2D eigenvalue weighted by atomic mass is 9.92. The number of hydrogen-bond donors (Lipinski definition) is 2. The van der Waals surface area contributed by atoms with Gasteiger partial charge in [-0.2, -0.15) is 0 Å². The summed E-state index contributed by atoms with van der Waals surface area (Å²) in [5.74, 6) is -0.589. The van der Waals surface area contributed by atoms with Crippen LogP contribution in [0.25, 0.3) is 0 Å². The van der Waals surface area contributed by atoms with E-state index in [9.17, 15) is 19.1 Å². The van der Waals surface area contributed by atoms with E-state index >= 15 is 0 Å². The lowest BCUT2D eigenvalue weighted by Gasteiger charge is -2.35. The summed E-state index contributed by atoms with van der Waals surface area (Å²) in [6.45, 7) is 0.366. The number of carbonyl (C=O) groups is 2. The highest BCUT2D eigenvalue weighted by molar-refractivity contribution is 5.92. The predicted molar refractivity (Wildman–Crippen MR) is 120 cm³/mol. The third kappa shape index (κ3) is 4.90. The molecule has 0 fully saturated rings. The fraction of sp³-hybridized carbons (Fsp3) is 0.200. The Kier molecular flexibility index (Phi) is 6.44. The van der Waals surface area contributed by atoms with E-state index in [2.05, 4.69) is 5.32 Å². The molecule has 4 rings (SSSR count). The first kappa shape index (κ1) is 22.1. The first-order valence-electron chi connectivity index (χ1n) is 10.4. The highest BCUT2D eigenvalue weighted by Gasteiger charge is 2.37. The van der Waals surface area contributed by atoms with Crippen LogP contribution in [0.2, 0.25) is 0 Å². The zero-order valence-electron chi connectivity index (χ0n) is 18.0. The van der Waals surface area contributed by atoms with Gasteiger partial charge in [0, 0.05) is 24.2 Å². The molecule has 33 heavy (non-hydrogen) atoms. The molecular formula is C25H23FN2O5. The summed E-state index contributed by atoms with van der Waals surface area (Å²) in [6, 6.07) is 16.7. The van der Waals surface area contributed by atoms with Gasteiger partial charge in [-0.1, -0.05) is 36.4 Å². The largest absolute Gasteiger partial charge is 0.493 e. The number of anilines is 1. The van der Waals surface area contributed by atoms with Crippen molar-refractivity contribution in [1.82, 2.24) is 4.90 Å². The SMILES string of the molecule is COc1ccc2c(c1OCc1ccccc1)CC(C(=O)O)N(C(=O)Nc1ccc(F)cc1)C2. The van der Waals surface area contributed by atoms with E-state index < -0.39 is 23.9 Å². The van der Waals surface area contributed by atoms with E-state index in [0.29, 0.717) is 29.4 Å². The lowest BCUT2D eigenvalue weighted by Crippen LogP contribution is -2.50. The quantitative estimate of drug-likeness (QED) is 0.579. The number of aliphatic carboxylic acids is 1.